The highest BCUT2D eigenvalue weighted by atomic mass is 16.5. The van der Waals surface area contributed by atoms with Gasteiger partial charge in [-0.2, -0.15) is 0 Å². The number of ether oxygens (including phenoxy) is 2. The molecule has 3 rings (SSSR count). The van der Waals surface area contributed by atoms with E-state index >= 15 is 0 Å². The molecule has 2 aromatic carbocycles. The minimum Gasteiger partial charge on any atom is -0.492 e. The summed E-state index contributed by atoms with van der Waals surface area (Å²) in [6, 6.07) is 13.6. The van der Waals surface area contributed by atoms with Crippen LogP contribution in [0, 0.1) is 6.92 Å². The first kappa shape index (κ1) is 19.6. The number of hydrogen-bond donors (Lipinski definition) is 0. The van der Waals surface area contributed by atoms with E-state index in [0.717, 1.165) is 49.7 Å². The molecule has 1 heterocycles. The first-order valence-electron chi connectivity index (χ1n) is 9.73. The van der Waals surface area contributed by atoms with Gasteiger partial charge in [0, 0.05) is 30.8 Å². The minimum absolute atomic E-state index is 0.0343. The summed E-state index contributed by atoms with van der Waals surface area (Å²) in [7, 11) is 0. The molecule has 0 amide bonds. The molecule has 0 saturated carbocycles. The highest BCUT2D eigenvalue weighted by Crippen LogP contribution is 2.28. The third-order valence-corrected chi connectivity index (χ3v) is 4.95. The molecule has 0 atom stereocenters. The van der Waals surface area contributed by atoms with Gasteiger partial charge in [0.2, 0.25) is 0 Å². The number of carbonyl (C=O) groups excluding carboxylic acids is 1. The average Bonchev–Trinajstić information content (AvgIpc) is 2.68. The minimum atomic E-state index is 0.0343. The van der Waals surface area contributed by atoms with Gasteiger partial charge in [-0.05, 0) is 30.5 Å². The molecule has 2 aromatic rings. The van der Waals surface area contributed by atoms with Gasteiger partial charge in [0.05, 0.1) is 13.2 Å². The van der Waals surface area contributed by atoms with E-state index in [9.17, 15) is 4.79 Å². The molecule has 0 radical (unpaired) electrons. The maximum atomic E-state index is 12.9. The normalized spacial score (nSPS) is 15.1. The standard InChI is InChI=1S/C23H29NO3/c1-17(2)21-8-7-20(23(25)19-6-4-5-18(3)15-19)16-22(21)27-14-11-24-9-12-26-13-10-24/h4-8,15-17H,9-14H2,1-3H3. The highest BCUT2D eigenvalue weighted by Gasteiger charge is 2.16. The lowest BCUT2D eigenvalue weighted by molar-refractivity contribution is 0.0322. The van der Waals surface area contributed by atoms with Crippen LogP contribution in [0.15, 0.2) is 42.5 Å². The van der Waals surface area contributed by atoms with Gasteiger partial charge in [0.25, 0.3) is 0 Å². The lowest BCUT2D eigenvalue weighted by Crippen LogP contribution is -2.38. The summed E-state index contributed by atoms with van der Waals surface area (Å²) in [5.41, 5.74) is 3.61. The van der Waals surface area contributed by atoms with Gasteiger partial charge in [-0.3, -0.25) is 9.69 Å². The number of carbonyl (C=O) groups is 1. The van der Waals surface area contributed by atoms with E-state index in [4.69, 9.17) is 9.47 Å². The highest BCUT2D eigenvalue weighted by molar-refractivity contribution is 6.09. The fourth-order valence-corrected chi connectivity index (χ4v) is 3.34. The number of nitrogens with zero attached hydrogens (tertiary/aromatic N) is 1. The van der Waals surface area contributed by atoms with Crippen molar-refractivity contribution in [2.75, 3.05) is 39.5 Å². The zero-order valence-electron chi connectivity index (χ0n) is 16.5. The fraction of sp³-hybridized carbons (Fsp3) is 0.435. The number of morpholine rings is 1. The molecule has 0 bridgehead atoms. The summed E-state index contributed by atoms with van der Waals surface area (Å²) < 4.78 is 11.5. The average molecular weight is 367 g/mol. The third kappa shape index (κ3) is 5.18. The van der Waals surface area contributed by atoms with E-state index in [-0.39, 0.29) is 5.78 Å². The Morgan fingerprint density at radius 3 is 2.56 bits per heavy atom. The maximum Gasteiger partial charge on any atom is 0.193 e. The van der Waals surface area contributed by atoms with Gasteiger partial charge in [0.1, 0.15) is 12.4 Å². The van der Waals surface area contributed by atoms with Crippen molar-refractivity contribution in [1.29, 1.82) is 0 Å². The lowest BCUT2D eigenvalue weighted by Gasteiger charge is -2.26. The van der Waals surface area contributed by atoms with Crippen molar-refractivity contribution in [1.82, 2.24) is 4.90 Å². The van der Waals surface area contributed by atoms with Crippen molar-refractivity contribution in [3.8, 4) is 5.75 Å². The molecule has 4 nitrogen and oxygen atoms in total. The van der Waals surface area contributed by atoms with Crippen LogP contribution in [-0.2, 0) is 4.74 Å². The topological polar surface area (TPSA) is 38.8 Å². The summed E-state index contributed by atoms with van der Waals surface area (Å²) in [4.78, 5) is 15.2. The molecule has 1 aliphatic heterocycles. The Hall–Kier alpha value is -2.17. The van der Waals surface area contributed by atoms with Gasteiger partial charge in [-0.1, -0.05) is 49.7 Å². The first-order valence-corrected chi connectivity index (χ1v) is 9.73. The Morgan fingerprint density at radius 1 is 1.11 bits per heavy atom. The number of ketones is 1. The van der Waals surface area contributed by atoms with E-state index in [1.807, 2.05) is 49.4 Å². The third-order valence-electron chi connectivity index (χ3n) is 4.95. The van der Waals surface area contributed by atoms with Crippen LogP contribution >= 0.6 is 0 Å². The number of rotatable bonds is 7. The van der Waals surface area contributed by atoms with Crippen LogP contribution in [0.25, 0.3) is 0 Å². The zero-order valence-corrected chi connectivity index (χ0v) is 16.5. The van der Waals surface area contributed by atoms with Gasteiger partial charge >= 0.3 is 0 Å². The molecule has 0 spiro atoms. The molecular weight excluding hydrogens is 338 g/mol. The summed E-state index contributed by atoms with van der Waals surface area (Å²) in [6.45, 7) is 11.3. The van der Waals surface area contributed by atoms with Crippen molar-refractivity contribution in [3.63, 3.8) is 0 Å². The Morgan fingerprint density at radius 2 is 1.85 bits per heavy atom. The van der Waals surface area contributed by atoms with Crippen molar-refractivity contribution in [3.05, 3.63) is 64.7 Å². The van der Waals surface area contributed by atoms with Crippen molar-refractivity contribution < 1.29 is 14.3 Å². The van der Waals surface area contributed by atoms with E-state index in [1.54, 1.807) is 0 Å². The van der Waals surface area contributed by atoms with Crippen LogP contribution in [0.4, 0.5) is 0 Å². The van der Waals surface area contributed by atoms with E-state index < -0.39 is 0 Å². The molecular formula is C23H29NO3. The van der Waals surface area contributed by atoms with Crippen molar-refractivity contribution >= 4 is 5.78 Å². The smallest absolute Gasteiger partial charge is 0.193 e. The second-order valence-corrected chi connectivity index (χ2v) is 7.41. The van der Waals surface area contributed by atoms with Crippen LogP contribution < -0.4 is 4.74 Å². The van der Waals surface area contributed by atoms with Gasteiger partial charge in [0.15, 0.2) is 5.78 Å². The van der Waals surface area contributed by atoms with Gasteiger partial charge < -0.3 is 9.47 Å². The maximum absolute atomic E-state index is 12.9. The predicted octanol–water partition coefficient (Wildman–Crippen LogP) is 4.06. The summed E-state index contributed by atoms with van der Waals surface area (Å²) in [6.07, 6.45) is 0. The Bertz CT molecular complexity index is 779. The molecule has 4 heteroatoms. The predicted molar refractivity (Wildman–Crippen MR) is 108 cm³/mol. The molecule has 0 unspecified atom stereocenters. The molecule has 144 valence electrons. The second kappa shape index (κ2) is 9.16. The quantitative estimate of drug-likeness (QED) is 0.692. The fourth-order valence-electron chi connectivity index (χ4n) is 3.34. The first-order chi connectivity index (χ1) is 13.0. The molecule has 1 aliphatic rings. The van der Waals surface area contributed by atoms with Crippen molar-refractivity contribution in [2.45, 2.75) is 26.7 Å². The van der Waals surface area contributed by atoms with Gasteiger partial charge in [-0.15, -0.1) is 0 Å². The summed E-state index contributed by atoms with van der Waals surface area (Å²) in [5, 5.41) is 0. The number of hydrogen-bond acceptors (Lipinski definition) is 4. The molecule has 1 fully saturated rings. The molecule has 0 N–H and O–H groups in total. The molecule has 0 aromatic heterocycles. The second-order valence-electron chi connectivity index (χ2n) is 7.41. The zero-order chi connectivity index (χ0) is 19.2. The monoisotopic (exact) mass is 367 g/mol. The Kier molecular flexibility index (Phi) is 6.64. The largest absolute Gasteiger partial charge is 0.492 e. The molecule has 1 saturated heterocycles. The van der Waals surface area contributed by atoms with Crippen LogP contribution in [-0.4, -0.2) is 50.1 Å². The van der Waals surface area contributed by atoms with Gasteiger partial charge in [-0.25, -0.2) is 0 Å². The molecule has 0 aliphatic carbocycles. The van der Waals surface area contributed by atoms with E-state index in [1.165, 1.54) is 0 Å². The van der Waals surface area contributed by atoms with Crippen LogP contribution in [0.5, 0.6) is 5.75 Å². The Labute approximate surface area is 162 Å². The Balaban J connectivity index is 1.74. The van der Waals surface area contributed by atoms with Crippen molar-refractivity contribution in [2.24, 2.45) is 0 Å². The molecule has 27 heavy (non-hydrogen) atoms. The van der Waals surface area contributed by atoms with Crippen LogP contribution in [0.3, 0.4) is 0 Å². The van der Waals surface area contributed by atoms with E-state index in [2.05, 4.69) is 18.7 Å². The number of benzene rings is 2. The SMILES string of the molecule is Cc1cccc(C(=O)c2ccc(C(C)C)c(OCCN3CCOCC3)c2)c1. The summed E-state index contributed by atoms with van der Waals surface area (Å²) >= 11 is 0. The lowest BCUT2D eigenvalue weighted by atomic mass is 9.96. The summed E-state index contributed by atoms with van der Waals surface area (Å²) in [5.74, 6) is 1.19. The van der Waals surface area contributed by atoms with Crippen LogP contribution in [0.2, 0.25) is 0 Å². The van der Waals surface area contributed by atoms with E-state index in [0.29, 0.717) is 23.7 Å². The number of aryl methyl sites for hydroxylation is 1. The van der Waals surface area contributed by atoms with Crippen LogP contribution in [0.1, 0.15) is 46.8 Å².